The topological polar surface area (TPSA) is 71.2 Å². The Morgan fingerprint density at radius 1 is 1.24 bits per heavy atom. The van der Waals surface area contributed by atoms with Gasteiger partial charge in [0.25, 0.3) is 5.89 Å². The van der Waals surface area contributed by atoms with Crippen molar-refractivity contribution in [2.75, 3.05) is 13.1 Å². The first-order valence-corrected chi connectivity index (χ1v) is 7.61. The summed E-state index contributed by atoms with van der Waals surface area (Å²) in [5.41, 5.74) is 1.70. The van der Waals surface area contributed by atoms with Crippen molar-refractivity contribution in [1.82, 2.24) is 15.5 Å². The number of piperidine rings is 1. The third-order valence-electron chi connectivity index (χ3n) is 4.72. The summed E-state index contributed by atoms with van der Waals surface area (Å²) in [5, 5.41) is 18.0. The summed E-state index contributed by atoms with van der Waals surface area (Å²) in [7, 11) is 0. The smallest absolute Gasteiger partial charge is 0.258 e. The Morgan fingerprint density at radius 3 is 2.90 bits per heavy atom. The summed E-state index contributed by atoms with van der Waals surface area (Å²) in [6.07, 6.45) is 3.31. The molecule has 1 fully saturated rings. The van der Waals surface area contributed by atoms with Gasteiger partial charge in [0.15, 0.2) is 5.82 Å². The molecule has 2 N–H and O–H groups in total. The minimum atomic E-state index is -0.964. The summed E-state index contributed by atoms with van der Waals surface area (Å²) in [5.74, 6) is 1.29. The summed E-state index contributed by atoms with van der Waals surface area (Å²) >= 11 is 0. The van der Waals surface area contributed by atoms with E-state index in [0.717, 1.165) is 25.9 Å². The highest BCUT2D eigenvalue weighted by molar-refractivity contribution is 5.38. The number of benzene rings is 1. The largest absolute Gasteiger partial charge is 0.380 e. The molecule has 5 nitrogen and oxygen atoms in total. The molecule has 5 heteroatoms. The number of fused-ring (bicyclic) bond motifs is 1. The average molecular weight is 285 g/mol. The van der Waals surface area contributed by atoms with E-state index in [1.165, 1.54) is 11.1 Å². The van der Waals surface area contributed by atoms with E-state index < -0.39 is 5.60 Å². The van der Waals surface area contributed by atoms with Crippen LogP contribution in [0.3, 0.4) is 0 Å². The summed E-state index contributed by atoms with van der Waals surface area (Å²) in [4.78, 5) is 4.53. The molecule has 0 radical (unpaired) electrons. The van der Waals surface area contributed by atoms with Crippen LogP contribution in [0.15, 0.2) is 28.8 Å². The van der Waals surface area contributed by atoms with E-state index in [0.29, 0.717) is 24.6 Å². The monoisotopic (exact) mass is 285 g/mol. The molecule has 21 heavy (non-hydrogen) atoms. The molecular weight excluding hydrogens is 266 g/mol. The molecular formula is C16H19N3O2. The molecule has 1 aromatic carbocycles. The van der Waals surface area contributed by atoms with Crippen molar-refractivity contribution in [2.24, 2.45) is 0 Å². The molecule has 2 heterocycles. The lowest BCUT2D eigenvalue weighted by Gasteiger charge is -2.28. The lowest BCUT2D eigenvalue weighted by atomic mass is 9.92. The molecule has 2 aromatic rings. The minimum absolute atomic E-state index is 0.198. The number of hydrogen-bond donors (Lipinski definition) is 2. The maximum atomic E-state index is 10.7. The lowest BCUT2D eigenvalue weighted by Crippen LogP contribution is -2.40. The van der Waals surface area contributed by atoms with Crippen LogP contribution in [0.4, 0.5) is 0 Å². The van der Waals surface area contributed by atoms with E-state index in [2.05, 4.69) is 39.7 Å². The first-order chi connectivity index (χ1) is 10.3. The fourth-order valence-corrected chi connectivity index (χ4v) is 3.44. The van der Waals surface area contributed by atoms with Crippen molar-refractivity contribution < 1.29 is 9.63 Å². The first-order valence-electron chi connectivity index (χ1n) is 7.61. The van der Waals surface area contributed by atoms with Gasteiger partial charge in [0.1, 0.15) is 5.60 Å². The van der Waals surface area contributed by atoms with Crippen molar-refractivity contribution in [3.63, 3.8) is 0 Å². The second-order valence-corrected chi connectivity index (χ2v) is 6.03. The van der Waals surface area contributed by atoms with Crippen LogP contribution in [-0.4, -0.2) is 28.3 Å². The number of aryl methyl sites for hydroxylation is 1. The molecule has 110 valence electrons. The molecule has 1 aliphatic carbocycles. The van der Waals surface area contributed by atoms with Gasteiger partial charge in [-0.15, -0.1) is 0 Å². The Morgan fingerprint density at radius 2 is 2.05 bits per heavy atom. The fourth-order valence-electron chi connectivity index (χ4n) is 3.44. The van der Waals surface area contributed by atoms with Gasteiger partial charge in [-0.1, -0.05) is 29.4 Å². The molecule has 1 aromatic heterocycles. The first kappa shape index (κ1) is 13.0. The van der Waals surface area contributed by atoms with Crippen LogP contribution in [-0.2, 0) is 12.0 Å². The standard InChI is InChI=1S/C16H19N3O2/c20-16(7-9-17-10-8-16)15-18-14(19-21-15)13-6-5-11-3-1-2-4-12(11)13/h1-4,13,17,20H,5-10H2. The van der Waals surface area contributed by atoms with E-state index in [4.69, 9.17) is 4.52 Å². The van der Waals surface area contributed by atoms with E-state index in [9.17, 15) is 5.11 Å². The Balaban J connectivity index is 1.64. The number of aliphatic hydroxyl groups is 1. The molecule has 0 amide bonds. The van der Waals surface area contributed by atoms with Crippen LogP contribution in [0.2, 0.25) is 0 Å². The van der Waals surface area contributed by atoms with Crippen molar-refractivity contribution in [3.05, 3.63) is 47.1 Å². The second kappa shape index (κ2) is 4.93. The molecule has 0 spiro atoms. The van der Waals surface area contributed by atoms with Gasteiger partial charge in [-0.3, -0.25) is 0 Å². The lowest BCUT2D eigenvalue weighted by molar-refractivity contribution is -0.0228. The minimum Gasteiger partial charge on any atom is -0.380 e. The number of aromatic nitrogens is 2. The van der Waals surface area contributed by atoms with Gasteiger partial charge in [0, 0.05) is 5.92 Å². The van der Waals surface area contributed by atoms with Crippen LogP contribution in [0.25, 0.3) is 0 Å². The van der Waals surface area contributed by atoms with Gasteiger partial charge >= 0.3 is 0 Å². The zero-order valence-electron chi connectivity index (χ0n) is 11.9. The highest BCUT2D eigenvalue weighted by Crippen LogP contribution is 2.38. The van der Waals surface area contributed by atoms with Crippen LogP contribution in [0, 0.1) is 0 Å². The predicted octanol–water partition coefficient (Wildman–Crippen LogP) is 1.72. The second-order valence-electron chi connectivity index (χ2n) is 6.03. The number of rotatable bonds is 2. The maximum Gasteiger partial charge on any atom is 0.258 e. The Kier molecular flexibility index (Phi) is 3.05. The van der Waals surface area contributed by atoms with Gasteiger partial charge in [0.05, 0.1) is 0 Å². The quantitative estimate of drug-likeness (QED) is 0.879. The number of nitrogens with zero attached hydrogens (tertiary/aromatic N) is 2. The number of hydrogen-bond acceptors (Lipinski definition) is 5. The van der Waals surface area contributed by atoms with Crippen LogP contribution < -0.4 is 5.32 Å². The Bertz CT molecular complexity index is 646. The zero-order valence-corrected chi connectivity index (χ0v) is 11.9. The molecule has 1 saturated heterocycles. The van der Waals surface area contributed by atoms with Gasteiger partial charge < -0.3 is 14.9 Å². The summed E-state index contributed by atoms with van der Waals surface area (Å²) in [6.45, 7) is 1.56. The zero-order chi connectivity index (χ0) is 14.3. The average Bonchev–Trinajstić information content (AvgIpc) is 3.15. The highest BCUT2D eigenvalue weighted by atomic mass is 16.5. The molecule has 0 saturated carbocycles. The third kappa shape index (κ3) is 2.17. The maximum absolute atomic E-state index is 10.7. The number of nitrogens with one attached hydrogen (secondary N) is 1. The van der Waals surface area contributed by atoms with Crippen LogP contribution >= 0.6 is 0 Å². The van der Waals surface area contributed by atoms with Crippen molar-refractivity contribution in [1.29, 1.82) is 0 Å². The Labute approximate surface area is 123 Å². The van der Waals surface area contributed by atoms with Crippen molar-refractivity contribution >= 4 is 0 Å². The van der Waals surface area contributed by atoms with Crippen molar-refractivity contribution in [2.45, 2.75) is 37.2 Å². The van der Waals surface area contributed by atoms with E-state index in [1.54, 1.807) is 0 Å². The van der Waals surface area contributed by atoms with Gasteiger partial charge in [0.2, 0.25) is 0 Å². The van der Waals surface area contributed by atoms with Gasteiger partial charge in [-0.2, -0.15) is 4.98 Å². The van der Waals surface area contributed by atoms with E-state index in [-0.39, 0.29) is 5.92 Å². The predicted molar refractivity (Wildman–Crippen MR) is 76.9 cm³/mol. The van der Waals surface area contributed by atoms with E-state index >= 15 is 0 Å². The third-order valence-corrected chi connectivity index (χ3v) is 4.72. The fraction of sp³-hybridized carbons (Fsp3) is 0.500. The Hall–Kier alpha value is -1.72. The van der Waals surface area contributed by atoms with Crippen molar-refractivity contribution in [3.8, 4) is 0 Å². The molecule has 1 unspecified atom stereocenters. The molecule has 2 aliphatic rings. The molecule has 0 bridgehead atoms. The highest BCUT2D eigenvalue weighted by Gasteiger charge is 2.38. The van der Waals surface area contributed by atoms with Crippen LogP contribution in [0.5, 0.6) is 0 Å². The SMILES string of the molecule is OC1(c2nc(C3CCc4ccccc43)no2)CCNCC1. The molecule has 1 atom stereocenters. The molecule has 1 aliphatic heterocycles. The van der Waals surface area contributed by atoms with Crippen LogP contribution in [0.1, 0.15) is 48.0 Å². The van der Waals surface area contributed by atoms with E-state index in [1.807, 2.05) is 0 Å². The summed E-state index contributed by atoms with van der Waals surface area (Å²) < 4.78 is 5.40. The summed E-state index contributed by atoms with van der Waals surface area (Å²) in [6, 6.07) is 8.43. The van der Waals surface area contributed by atoms with Gasteiger partial charge in [-0.05, 0) is 49.9 Å². The normalized spacial score (nSPS) is 24.0. The van der Waals surface area contributed by atoms with Gasteiger partial charge in [-0.25, -0.2) is 0 Å². The molecule has 4 rings (SSSR count).